The van der Waals surface area contributed by atoms with E-state index in [0.717, 1.165) is 18.5 Å². The normalized spacial score (nSPS) is 18.8. The monoisotopic (exact) mass is 596 g/mol. The van der Waals surface area contributed by atoms with Gasteiger partial charge in [-0.25, -0.2) is 0 Å². The highest BCUT2D eigenvalue weighted by Gasteiger charge is 2.46. The first-order chi connectivity index (χ1) is 19.6. The molecule has 2 saturated heterocycles. The van der Waals surface area contributed by atoms with Crippen LogP contribution in [0.2, 0.25) is 5.02 Å². The fraction of sp³-hybridized carbons (Fsp3) is 0.621. The molecular weight excluding hydrogens is 558 g/mol. The summed E-state index contributed by atoms with van der Waals surface area (Å²) in [5.74, 6) is -0.802. The molecule has 1 atom stereocenters. The van der Waals surface area contributed by atoms with Gasteiger partial charge >= 0.3 is 12.6 Å². The highest BCUT2D eigenvalue weighted by Crippen LogP contribution is 2.37. The van der Waals surface area contributed by atoms with Gasteiger partial charge < -0.3 is 24.4 Å². The second-order valence-corrected chi connectivity index (χ2v) is 11.4. The number of hydrogen-bond donors (Lipinski definition) is 1. The summed E-state index contributed by atoms with van der Waals surface area (Å²) in [4.78, 5) is 29.3. The Balaban J connectivity index is 1.58. The number of piperidine rings is 1. The SMILES string of the molecule is CCOC(=O)C(CN1CCC(C(=O)Nc2ccc(Cl)cc2OC(F)F)(n2nccc2C(C)C)CC1)C1CCOCC1. The van der Waals surface area contributed by atoms with Crippen molar-refractivity contribution in [1.29, 1.82) is 0 Å². The van der Waals surface area contributed by atoms with Crippen LogP contribution in [0.15, 0.2) is 30.5 Å². The molecule has 2 aromatic rings. The second-order valence-electron chi connectivity index (χ2n) is 10.9. The van der Waals surface area contributed by atoms with Crippen LogP contribution in [0.25, 0.3) is 0 Å². The van der Waals surface area contributed by atoms with Crippen LogP contribution in [0.3, 0.4) is 0 Å². The number of carbonyl (C=O) groups is 2. The van der Waals surface area contributed by atoms with Gasteiger partial charge in [-0.05, 0) is 62.6 Å². The number of amides is 1. The molecule has 2 fully saturated rings. The lowest BCUT2D eigenvalue weighted by Crippen LogP contribution is -2.55. The number of halogens is 3. The van der Waals surface area contributed by atoms with Crippen molar-refractivity contribution in [3.63, 3.8) is 0 Å². The average molecular weight is 597 g/mol. The van der Waals surface area contributed by atoms with E-state index in [-0.39, 0.29) is 46.1 Å². The Kier molecular flexibility index (Phi) is 10.6. The summed E-state index contributed by atoms with van der Waals surface area (Å²) in [7, 11) is 0. The lowest BCUT2D eigenvalue weighted by atomic mass is 9.82. The van der Waals surface area contributed by atoms with E-state index in [2.05, 4.69) is 20.1 Å². The number of nitrogens with one attached hydrogen (secondary N) is 1. The molecule has 0 saturated carbocycles. The second kappa shape index (κ2) is 13.9. The molecule has 3 heterocycles. The van der Waals surface area contributed by atoms with E-state index in [0.29, 0.717) is 52.3 Å². The third kappa shape index (κ3) is 7.37. The summed E-state index contributed by atoms with van der Waals surface area (Å²) in [5, 5.41) is 7.60. The van der Waals surface area contributed by atoms with E-state index >= 15 is 0 Å². The number of hydrogen-bond acceptors (Lipinski definition) is 7. The molecule has 2 aliphatic heterocycles. The van der Waals surface area contributed by atoms with Crippen LogP contribution in [-0.2, 0) is 24.6 Å². The summed E-state index contributed by atoms with van der Waals surface area (Å²) >= 11 is 6.01. The van der Waals surface area contributed by atoms with Crippen molar-refractivity contribution in [3.8, 4) is 5.75 Å². The van der Waals surface area contributed by atoms with Gasteiger partial charge in [0.2, 0.25) is 0 Å². The molecule has 1 aromatic carbocycles. The van der Waals surface area contributed by atoms with E-state index in [1.165, 1.54) is 18.2 Å². The van der Waals surface area contributed by atoms with E-state index in [1.807, 2.05) is 26.8 Å². The first kappa shape index (κ1) is 31.2. The molecule has 1 N–H and O–H groups in total. The number of likely N-dealkylation sites (tertiary alicyclic amines) is 1. The Hall–Kier alpha value is -2.76. The summed E-state index contributed by atoms with van der Waals surface area (Å²) in [6.45, 7) is 5.95. The van der Waals surface area contributed by atoms with Crippen LogP contribution in [0.1, 0.15) is 58.1 Å². The van der Waals surface area contributed by atoms with Gasteiger partial charge in [0.1, 0.15) is 5.54 Å². The van der Waals surface area contributed by atoms with Gasteiger partial charge in [0.15, 0.2) is 5.75 Å². The third-order valence-corrected chi connectivity index (χ3v) is 8.30. The lowest BCUT2D eigenvalue weighted by molar-refractivity contribution is -0.152. The maximum absolute atomic E-state index is 14.1. The first-order valence-corrected chi connectivity index (χ1v) is 14.6. The number of rotatable bonds is 11. The van der Waals surface area contributed by atoms with Gasteiger partial charge in [-0.2, -0.15) is 13.9 Å². The van der Waals surface area contributed by atoms with E-state index in [4.69, 9.17) is 21.1 Å². The predicted octanol–water partition coefficient (Wildman–Crippen LogP) is 5.30. The number of alkyl halides is 2. The molecule has 9 nitrogen and oxygen atoms in total. The maximum Gasteiger partial charge on any atom is 0.387 e. The van der Waals surface area contributed by atoms with Crippen LogP contribution in [0, 0.1) is 11.8 Å². The van der Waals surface area contributed by atoms with Crippen molar-refractivity contribution in [2.24, 2.45) is 11.8 Å². The van der Waals surface area contributed by atoms with E-state index in [9.17, 15) is 18.4 Å². The van der Waals surface area contributed by atoms with E-state index < -0.39 is 12.2 Å². The van der Waals surface area contributed by atoms with Crippen LogP contribution >= 0.6 is 11.6 Å². The summed E-state index contributed by atoms with van der Waals surface area (Å²) < 4.78 is 43.6. The molecule has 41 heavy (non-hydrogen) atoms. The van der Waals surface area contributed by atoms with Crippen molar-refractivity contribution in [2.75, 3.05) is 44.8 Å². The molecule has 0 spiro atoms. The number of esters is 1. The maximum atomic E-state index is 14.1. The van der Waals surface area contributed by atoms with Crippen molar-refractivity contribution >= 4 is 29.2 Å². The number of anilines is 1. The van der Waals surface area contributed by atoms with Crippen molar-refractivity contribution in [2.45, 2.75) is 64.5 Å². The fourth-order valence-corrected chi connectivity index (χ4v) is 6.00. The first-order valence-electron chi connectivity index (χ1n) is 14.2. The van der Waals surface area contributed by atoms with Crippen molar-refractivity contribution in [1.82, 2.24) is 14.7 Å². The van der Waals surface area contributed by atoms with Gasteiger partial charge in [0.25, 0.3) is 5.91 Å². The zero-order valence-corrected chi connectivity index (χ0v) is 24.5. The van der Waals surface area contributed by atoms with Gasteiger partial charge in [-0.1, -0.05) is 25.4 Å². The minimum Gasteiger partial charge on any atom is -0.466 e. The Morgan fingerprint density at radius 1 is 1.20 bits per heavy atom. The van der Waals surface area contributed by atoms with Crippen LogP contribution in [0.4, 0.5) is 14.5 Å². The zero-order chi connectivity index (χ0) is 29.6. The standard InChI is InChI=1S/C29H39ClF2N4O5/c1-4-40-26(37)22(20-8-15-39-16-9-20)18-35-13-10-29(11-14-35,36-24(19(2)3)7-12-33-36)27(38)34-23-6-5-21(30)17-25(23)41-28(31)32/h5-7,12,17,19-20,22,28H,4,8-11,13-16,18H2,1-3H3,(H,34,38). The summed E-state index contributed by atoms with van der Waals surface area (Å²) in [5.41, 5.74) is -0.0959. The van der Waals surface area contributed by atoms with Crippen LogP contribution in [-0.4, -0.2) is 72.6 Å². The highest BCUT2D eigenvalue weighted by atomic mass is 35.5. The minimum absolute atomic E-state index is 0.0928. The molecule has 226 valence electrons. The van der Waals surface area contributed by atoms with E-state index in [1.54, 1.807) is 10.9 Å². The lowest BCUT2D eigenvalue weighted by Gasteiger charge is -2.43. The molecule has 0 aliphatic carbocycles. The molecule has 2 aliphatic rings. The quantitative estimate of drug-likeness (QED) is 0.352. The molecule has 4 rings (SSSR count). The van der Waals surface area contributed by atoms with Crippen molar-refractivity contribution in [3.05, 3.63) is 41.2 Å². The largest absolute Gasteiger partial charge is 0.466 e. The Morgan fingerprint density at radius 2 is 1.90 bits per heavy atom. The zero-order valence-electron chi connectivity index (χ0n) is 23.8. The van der Waals surface area contributed by atoms with Crippen molar-refractivity contribution < 1.29 is 32.6 Å². The molecule has 1 amide bonds. The number of carbonyl (C=O) groups excluding carboxylic acids is 2. The fourth-order valence-electron chi connectivity index (χ4n) is 5.84. The van der Waals surface area contributed by atoms with Gasteiger partial charge in [-0.3, -0.25) is 14.3 Å². The third-order valence-electron chi connectivity index (χ3n) is 8.06. The average Bonchev–Trinajstić information content (AvgIpc) is 3.45. The van der Waals surface area contributed by atoms with Gasteiger partial charge in [-0.15, -0.1) is 0 Å². The minimum atomic E-state index is -3.08. The predicted molar refractivity (Wildman–Crippen MR) is 150 cm³/mol. The topological polar surface area (TPSA) is 94.9 Å². The van der Waals surface area contributed by atoms with Gasteiger partial charge in [0, 0.05) is 55.8 Å². The highest BCUT2D eigenvalue weighted by molar-refractivity contribution is 6.30. The number of aromatic nitrogens is 2. The Morgan fingerprint density at radius 3 is 2.54 bits per heavy atom. The number of ether oxygens (including phenoxy) is 3. The van der Waals surface area contributed by atoms with Crippen LogP contribution in [0.5, 0.6) is 5.75 Å². The summed E-state index contributed by atoms with van der Waals surface area (Å²) in [6.07, 6.45) is 4.09. The molecule has 12 heteroatoms. The summed E-state index contributed by atoms with van der Waals surface area (Å²) in [6, 6.07) is 6.09. The Bertz CT molecular complexity index is 1180. The molecule has 1 aromatic heterocycles. The molecule has 0 radical (unpaired) electrons. The smallest absolute Gasteiger partial charge is 0.387 e. The molecule has 0 bridgehead atoms. The molecular formula is C29H39ClF2N4O5. The Labute approximate surface area is 244 Å². The number of benzene rings is 1. The van der Waals surface area contributed by atoms with Gasteiger partial charge in [0.05, 0.1) is 18.2 Å². The molecule has 1 unspecified atom stereocenters. The van der Waals surface area contributed by atoms with Crippen LogP contribution < -0.4 is 10.1 Å². The number of nitrogens with zero attached hydrogens (tertiary/aromatic N) is 3.